The van der Waals surface area contributed by atoms with Gasteiger partial charge in [0.05, 0.1) is 23.9 Å². The van der Waals surface area contributed by atoms with Crippen molar-refractivity contribution in [2.24, 2.45) is 0 Å². The molecule has 5 nitrogen and oxygen atoms in total. The molecule has 6 heteroatoms. The molecule has 0 bridgehead atoms. The van der Waals surface area contributed by atoms with Crippen LogP contribution in [-0.2, 0) is 0 Å². The fourth-order valence-corrected chi connectivity index (χ4v) is 1.18. The lowest BCUT2D eigenvalue weighted by molar-refractivity contribution is 0.0473. The Morgan fingerprint density at radius 3 is 2.76 bits per heavy atom. The number of halogens is 1. The molecule has 0 unspecified atom stereocenters. The van der Waals surface area contributed by atoms with Crippen molar-refractivity contribution in [1.82, 2.24) is 9.88 Å². The number of amides is 1. The Hall–Kier alpha value is -1.69. The smallest absolute Gasteiger partial charge is 0.257 e. The van der Waals surface area contributed by atoms with E-state index in [1.165, 1.54) is 11.9 Å². The number of aliphatic hydroxyl groups is 1. The molecule has 0 atom stereocenters. The number of nitrogens with two attached hydrogens (primary N) is 1. The first-order chi connectivity index (χ1) is 7.79. The van der Waals surface area contributed by atoms with Gasteiger partial charge in [-0.15, -0.1) is 0 Å². The molecule has 0 aromatic carbocycles. The van der Waals surface area contributed by atoms with Crippen LogP contribution < -0.4 is 5.73 Å². The third-order valence-corrected chi connectivity index (χ3v) is 2.72. The second-order valence-corrected chi connectivity index (χ2v) is 4.42. The Morgan fingerprint density at radius 1 is 1.65 bits per heavy atom. The third kappa shape index (κ3) is 2.71. The maximum Gasteiger partial charge on any atom is 0.257 e. The number of likely N-dealkylation sites (N-methyl/N-ethyl adjacent to an activating group) is 1. The van der Waals surface area contributed by atoms with Crippen molar-refractivity contribution in [3.8, 4) is 0 Å². The summed E-state index contributed by atoms with van der Waals surface area (Å²) in [6, 6.07) is 1.04. The minimum Gasteiger partial charge on any atom is -0.394 e. The second-order valence-electron chi connectivity index (χ2n) is 4.42. The van der Waals surface area contributed by atoms with E-state index in [2.05, 4.69) is 4.98 Å². The average molecular weight is 241 g/mol. The predicted molar refractivity (Wildman–Crippen MR) is 61.9 cm³/mol. The topological polar surface area (TPSA) is 79.5 Å². The molecular weight excluding hydrogens is 225 g/mol. The summed E-state index contributed by atoms with van der Waals surface area (Å²) in [7, 11) is 1.52. The van der Waals surface area contributed by atoms with Gasteiger partial charge in [0.25, 0.3) is 5.91 Å². The SMILES string of the molecule is CN(C(=O)c1cc(F)cnc1N)C(C)(C)CO. The molecule has 0 aliphatic carbocycles. The van der Waals surface area contributed by atoms with Crippen molar-refractivity contribution in [1.29, 1.82) is 0 Å². The summed E-state index contributed by atoms with van der Waals surface area (Å²) in [5, 5.41) is 9.17. The van der Waals surface area contributed by atoms with Gasteiger partial charge in [-0.1, -0.05) is 0 Å². The van der Waals surface area contributed by atoms with E-state index in [0.29, 0.717) is 0 Å². The number of nitrogens with zero attached hydrogens (tertiary/aromatic N) is 2. The number of pyridine rings is 1. The van der Waals surface area contributed by atoms with Crippen molar-refractivity contribution < 1.29 is 14.3 Å². The van der Waals surface area contributed by atoms with Crippen LogP contribution in [0.5, 0.6) is 0 Å². The van der Waals surface area contributed by atoms with Crippen LogP contribution >= 0.6 is 0 Å². The van der Waals surface area contributed by atoms with Crippen LogP contribution in [0, 0.1) is 5.82 Å². The predicted octanol–water partition coefficient (Wildman–Crippen LogP) is 0.646. The summed E-state index contributed by atoms with van der Waals surface area (Å²) in [4.78, 5) is 16.9. The molecule has 0 radical (unpaired) electrons. The van der Waals surface area contributed by atoms with Crippen LogP contribution in [0.25, 0.3) is 0 Å². The number of carbonyl (C=O) groups excluding carboxylic acids is 1. The first-order valence-corrected chi connectivity index (χ1v) is 5.09. The van der Waals surface area contributed by atoms with E-state index in [1.54, 1.807) is 13.8 Å². The van der Waals surface area contributed by atoms with Crippen LogP contribution in [0.3, 0.4) is 0 Å². The van der Waals surface area contributed by atoms with Gasteiger partial charge in [-0.3, -0.25) is 4.79 Å². The van der Waals surface area contributed by atoms with E-state index in [4.69, 9.17) is 10.8 Å². The summed E-state index contributed by atoms with van der Waals surface area (Å²) in [5.41, 5.74) is 4.77. The van der Waals surface area contributed by atoms with Gasteiger partial charge in [-0.25, -0.2) is 9.37 Å². The van der Waals surface area contributed by atoms with Gasteiger partial charge >= 0.3 is 0 Å². The molecule has 0 spiro atoms. The number of carbonyl (C=O) groups is 1. The molecule has 0 saturated carbocycles. The fraction of sp³-hybridized carbons (Fsp3) is 0.455. The van der Waals surface area contributed by atoms with Gasteiger partial charge in [0.15, 0.2) is 0 Å². The summed E-state index contributed by atoms with van der Waals surface area (Å²) < 4.78 is 13.0. The van der Waals surface area contributed by atoms with Gasteiger partial charge in [-0.05, 0) is 19.9 Å². The lowest BCUT2D eigenvalue weighted by Crippen LogP contribution is -2.47. The molecule has 0 aliphatic heterocycles. The highest BCUT2D eigenvalue weighted by Gasteiger charge is 2.29. The molecule has 1 aromatic rings. The van der Waals surface area contributed by atoms with E-state index in [9.17, 15) is 9.18 Å². The zero-order valence-corrected chi connectivity index (χ0v) is 10.1. The molecule has 3 N–H and O–H groups in total. The first kappa shape index (κ1) is 13.4. The largest absolute Gasteiger partial charge is 0.394 e. The van der Waals surface area contributed by atoms with Gasteiger partial charge in [-0.2, -0.15) is 0 Å². The van der Waals surface area contributed by atoms with Gasteiger partial charge < -0.3 is 15.7 Å². The molecule has 1 aromatic heterocycles. The van der Waals surface area contributed by atoms with Gasteiger partial charge in [0.2, 0.25) is 0 Å². The standard InChI is InChI=1S/C11H16FN3O2/c1-11(2,6-16)15(3)10(17)8-4-7(12)5-14-9(8)13/h4-5,16H,6H2,1-3H3,(H2,13,14). The monoisotopic (exact) mass is 241 g/mol. The van der Waals surface area contributed by atoms with Crippen LogP contribution in [0.1, 0.15) is 24.2 Å². The number of aromatic nitrogens is 1. The molecule has 1 rings (SSSR count). The van der Waals surface area contributed by atoms with Crippen molar-refractivity contribution in [2.75, 3.05) is 19.4 Å². The minimum absolute atomic E-state index is 0.00553. The van der Waals surface area contributed by atoms with Crippen molar-refractivity contribution >= 4 is 11.7 Å². The first-order valence-electron chi connectivity index (χ1n) is 5.09. The number of hydrogen-bond donors (Lipinski definition) is 2. The van der Waals surface area contributed by atoms with E-state index < -0.39 is 17.3 Å². The lowest BCUT2D eigenvalue weighted by Gasteiger charge is -2.34. The van der Waals surface area contributed by atoms with Crippen molar-refractivity contribution in [3.63, 3.8) is 0 Å². The number of hydrogen-bond acceptors (Lipinski definition) is 4. The Kier molecular flexibility index (Phi) is 3.67. The second kappa shape index (κ2) is 4.67. The number of rotatable bonds is 3. The summed E-state index contributed by atoms with van der Waals surface area (Å²) in [6.45, 7) is 3.17. The van der Waals surface area contributed by atoms with E-state index in [0.717, 1.165) is 12.3 Å². The van der Waals surface area contributed by atoms with E-state index in [1.807, 2.05) is 0 Å². The lowest BCUT2D eigenvalue weighted by atomic mass is 10.0. The van der Waals surface area contributed by atoms with E-state index in [-0.39, 0.29) is 18.0 Å². The normalized spacial score (nSPS) is 11.4. The summed E-state index contributed by atoms with van der Waals surface area (Å²) in [6.07, 6.45) is 0.948. The quantitative estimate of drug-likeness (QED) is 0.814. The zero-order valence-electron chi connectivity index (χ0n) is 10.1. The number of anilines is 1. The van der Waals surface area contributed by atoms with Gasteiger partial charge in [0, 0.05) is 7.05 Å². The highest BCUT2D eigenvalue weighted by atomic mass is 19.1. The highest BCUT2D eigenvalue weighted by molar-refractivity contribution is 5.98. The Labute approximate surface area is 99.1 Å². The molecular formula is C11H16FN3O2. The minimum atomic E-state index is -0.754. The molecule has 0 saturated heterocycles. The molecule has 17 heavy (non-hydrogen) atoms. The van der Waals surface area contributed by atoms with Crippen molar-refractivity contribution in [3.05, 3.63) is 23.6 Å². The fourth-order valence-electron chi connectivity index (χ4n) is 1.18. The maximum atomic E-state index is 13.0. The van der Waals surface area contributed by atoms with Gasteiger partial charge in [0.1, 0.15) is 11.6 Å². The number of nitrogen functional groups attached to an aromatic ring is 1. The molecule has 1 amide bonds. The van der Waals surface area contributed by atoms with Crippen molar-refractivity contribution in [2.45, 2.75) is 19.4 Å². The Bertz CT molecular complexity index is 435. The third-order valence-electron chi connectivity index (χ3n) is 2.72. The molecule has 0 fully saturated rings. The Balaban J connectivity index is 3.08. The highest BCUT2D eigenvalue weighted by Crippen LogP contribution is 2.18. The molecule has 94 valence electrons. The molecule has 1 heterocycles. The van der Waals surface area contributed by atoms with E-state index >= 15 is 0 Å². The van der Waals surface area contributed by atoms with Crippen LogP contribution in [0.15, 0.2) is 12.3 Å². The van der Waals surface area contributed by atoms with Crippen LogP contribution in [0.2, 0.25) is 0 Å². The Morgan fingerprint density at radius 2 is 2.24 bits per heavy atom. The summed E-state index contributed by atoms with van der Waals surface area (Å²) in [5.74, 6) is -1.14. The zero-order chi connectivity index (χ0) is 13.2. The van der Waals surface area contributed by atoms with Crippen LogP contribution in [0.4, 0.5) is 10.2 Å². The number of aliphatic hydroxyl groups excluding tert-OH is 1. The van der Waals surface area contributed by atoms with Crippen LogP contribution in [-0.4, -0.2) is 40.1 Å². The summed E-state index contributed by atoms with van der Waals surface area (Å²) >= 11 is 0. The average Bonchev–Trinajstić information content (AvgIpc) is 2.30. The molecule has 0 aliphatic rings. The maximum absolute atomic E-state index is 13.0.